The van der Waals surface area contributed by atoms with Crippen molar-refractivity contribution in [3.8, 4) is 5.75 Å². The normalized spacial score (nSPS) is 15.1. The maximum Gasteiger partial charge on any atom is 0.253 e. The Morgan fingerprint density at radius 3 is 2.33 bits per heavy atom. The number of pyridine rings is 1. The second kappa shape index (κ2) is 9.51. The summed E-state index contributed by atoms with van der Waals surface area (Å²) >= 11 is 0. The van der Waals surface area contributed by atoms with Crippen LogP contribution in [-0.4, -0.2) is 60.0 Å². The highest BCUT2D eigenvalue weighted by molar-refractivity contribution is 5.94. The van der Waals surface area contributed by atoms with Gasteiger partial charge in [-0.15, -0.1) is 0 Å². The fraction of sp³-hybridized carbons (Fsp3) is 0.455. The number of hydrogen-bond acceptors (Lipinski definition) is 4. The van der Waals surface area contributed by atoms with Gasteiger partial charge in [0.05, 0.1) is 6.61 Å². The van der Waals surface area contributed by atoms with Crippen LogP contribution in [0.25, 0.3) is 0 Å². The molecule has 0 bridgehead atoms. The van der Waals surface area contributed by atoms with Crippen LogP contribution in [-0.2, 0) is 6.42 Å². The molecule has 0 aliphatic carbocycles. The maximum atomic E-state index is 12.7. The summed E-state index contributed by atoms with van der Waals surface area (Å²) in [4.78, 5) is 21.2. The molecule has 1 aromatic carbocycles. The molecule has 2 aromatic rings. The van der Waals surface area contributed by atoms with Crippen LogP contribution in [0.5, 0.6) is 5.75 Å². The van der Waals surface area contributed by atoms with E-state index >= 15 is 0 Å². The zero-order chi connectivity index (χ0) is 19.1. The lowest BCUT2D eigenvalue weighted by Gasteiger charge is -2.34. The third-order valence-corrected chi connectivity index (χ3v) is 4.81. The van der Waals surface area contributed by atoms with E-state index in [0.29, 0.717) is 12.5 Å². The summed E-state index contributed by atoms with van der Waals surface area (Å²) in [6, 6.07) is 11.6. The minimum atomic E-state index is 0.110. The molecule has 1 aliphatic rings. The van der Waals surface area contributed by atoms with Crippen molar-refractivity contribution in [2.24, 2.45) is 5.92 Å². The van der Waals surface area contributed by atoms with Gasteiger partial charge in [-0.2, -0.15) is 0 Å². The van der Waals surface area contributed by atoms with Crippen molar-refractivity contribution in [3.63, 3.8) is 0 Å². The van der Waals surface area contributed by atoms with Gasteiger partial charge in [0.15, 0.2) is 0 Å². The number of benzene rings is 1. The van der Waals surface area contributed by atoms with Gasteiger partial charge in [0.1, 0.15) is 5.75 Å². The van der Waals surface area contributed by atoms with E-state index in [-0.39, 0.29) is 5.91 Å². The standard InChI is InChI=1S/C22H29N3O2/c1-18(2)17-27-21-5-3-20(4-6-21)22(26)25-15-13-24(14-16-25)12-9-19-7-10-23-11-8-19/h3-8,10-11,18H,9,12-17H2,1-2H3. The van der Waals surface area contributed by atoms with Gasteiger partial charge in [-0.05, 0) is 54.3 Å². The number of nitrogens with zero attached hydrogens (tertiary/aromatic N) is 3. The quantitative estimate of drug-likeness (QED) is 0.754. The van der Waals surface area contributed by atoms with Crippen molar-refractivity contribution in [1.82, 2.24) is 14.8 Å². The Morgan fingerprint density at radius 1 is 1.04 bits per heavy atom. The van der Waals surface area contributed by atoms with Crippen LogP contribution in [0.4, 0.5) is 0 Å². The molecular weight excluding hydrogens is 338 g/mol. The van der Waals surface area contributed by atoms with Gasteiger partial charge in [0.25, 0.3) is 5.91 Å². The zero-order valence-electron chi connectivity index (χ0n) is 16.3. The van der Waals surface area contributed by atoms with E-state index in [1.165, 1.54) is 5.56 Å². The molecule has 0 radical (unpaired) electrons. The molecular formula is C22H29N3O2. The molecule has 3 rings (SSSR count). The predicted octanol–water partition coefficient (Wildman–Crippen LogP) is 3.12. The van der Waals surface area contributed by atoms with Crippen molar-refractivity contribution in [3.05, 3.63) is 59.9 Å². The number of carbonyl (C=O) groups is 1. The third-order valence-electron chi connectivity index (χ3n) is 4.81. The van der Waals surface area contributed by atoms with Crippen molar-refractivity contribution >= 4 is 5.91 Å². The SMILES string of the molecule is CC(C)COc1ccc(C(=O)N2CCN(CCc3ccncc3)CC2)cc1. The second-order valence-electron chi connectivity index (χ2n) is 7.47. The predicted molar refractivity (Wildman–Crippen MR) is 107 cm³/mol. The Kier molecular flexibility index (Phi) is 6.82. The number of amides is 1. The number of carbonyl (C=O) groups excluding carboxylic acids is 1. The van der Waals surface area contributed by atoms with Crippen molar-refractivity contribution in [2.45, 2.75) is 20.3 Å². The van der Waals surface area contributed by atoms with E-state index in [1.807, 2.05) is 41.6 Å². The molecule has 1 aromatic heterocycles. The number of hydrogen-bond donors (Lipinski definition) is 0. The minimum absolute atomic E-state index is 0.110. The van der Waals surface area contributed by atoms with E-state index in [0.717, 1.165) is 50.5 Å². The van der Waals surface area contributed by atoms with Gasteiger partial charge < -0.3 is 9.64 Å². The van der Waals surface area contributed by atoms with Gasteiger partial charge >= 0.3 is 0 Å². The highest BCUT2D eigenvalue weighted by Crippen LogP contribution is 2.16. The number of rotatable bonds is 7. The maximum absolute atomic E-state index is 12.7. The lowest BCUT2D eigenvalue weighted by molar-refractivity contribution is 0.0638. The van der Waals surface area contributed by atoms with E-state index in [1.54, 1.807) is 0 Å². The van der Waals surface area contributed by atoms with E-state index < -0.39 is 0 Å². The van der Waals surface area contributed by atoms with Crippen LogP contribution < -0.4 is 4.74 Å². The van der Waals surface area contributed by atoms with E-state index in [2.05, 4.69) is 35.9 Å². The Balaban J connectivity index is 1.45. The summed E-state index contributed by atoms with van der Waals surface area (Å²) in [6.45, 7) is 9.35. The second-order valence-corrected chi connectivity index (χ2v) is 7.47. The smallest absolute Gasteiger partial charge is 0.253 e. The molecule has 2 heterocycles. The Hall–Kier alpha value is -2.40. The molecule has 144 valence electrons. The van der Waals surface area contributed by atoms with Crippen LogP contribution in [0.2, 0.25) is 0 Å². The van der Waals surface area contributed by atoms with Crippen molar-refractivity contribution < 1.29 is 9.53 Å². The average Bonchev–Trinajstić information content (AvgIpc) is 2.72. The van der Waals surface area contributed by atoms with Crippen LogP contribution in [0.3, 0.4) is 0 Å². The molecule has 27 heavy (non-hydrogen) atoms. The topological polar surface area (TPSA) is 45.7 Å². The summed E-state index contributed by atoms with van der Waals surface area (Å²) in [7, 11) is 0. The average molecular weight is 367 g/mol. The summed E-state index contributed by atoms with van der Waals surface area (Å²) in [5.41, 5.74) is 2.04. The van der Waals surface area contributed by atoms with Crippen LogP contribution in [0, 0.1) is 5.92 Å². The molecule has 0 atom stereocenters. The lowest BCUT2D eigenvalue weighted by Crippen LogP contribution is -2.49. The third kappa shape index (κ3) is 5.79. The Labute approximate surface area is 162 Å². The first-order valence-corrected chi connectivity index (χ1v) is 9.75. The van der Waals surface area contributed by atoms with Crippen LogP contribution in [0.1, 0.15) is 29.8 Å². The molecule has 0 N–H and O–H groups in total. The summed E-state index contributed by atoms with van der Waals surface area (Å²) in [6.07, 6.45) is 4.70. The minimum Gasteiger partial charge on any atom is -0.493 e. The molecule has 0 spiro atoms. The number of piperazine rings is 1. The fourth-order valence-corrected chi connectivity index (χ4v) is 3.15. The lowest BCUT2D eigenvalue weighted by atomic mass is 10.1. The van der Waals surface area contributed by atoms with E-state index in [9.17, 15) is 4.79 Å². The van der Waals surface area contributed by atoms with Crippen molar-refractivity contribution in [2.75, 3.05) is 39.3 Å². The zero-order valence-corrected chi connectivity index (χ0v) is 16.3. The summed E-state index contributed by atoms with van der Waals surface area (Å²) < 4.78 is 5.69. The Bertz CT molecular complexity index is 708. The molecule has 5 heteroatoms. The van der Waals surface area contributed by atoms with Crippen molar-refractivity contribution in [1.29, 1.82) is 0 Å². The molecule has 1 amide bonds. The van der Waals surface area contributed by atoms with Gasteiger partial charge in [-0.1, -0.05) is 13.8 Å². The first kappa shape index (κ1) is 19.4. The highest BCUT2D eigenvalue weighted by Gasteiger charge is 2.21. The fourth-order valence-electron chi connectivity index (χ4n) is 3.15. The summed E-state index contributed by atoms with van der Waals surface area (Å²) in [5.74, 6) is 1.42. The van der Waals surface area contributed by atoms with Gasteiger partial charge in [-0.25, -0.2) is 0 Å². The Morgan fingerprint density at radius 2 is 1.70 bits per heavy atom. The molecule has 1 saturated heterocycles. The number of aromatic nitrogens is 1. The van der Waals surface area contributed by atoms with Gasteiger partial charge in [-0.3, -0.25) is 14.7 Å². The van der Waals surface area contributed by atoms with Crippen LogP contribution in [0.15, 0.2) is 48.8 Å². The van der Waals surface area contributed by atoms with Gasteiger partial charge in [0, 0.05) is 50.7 Å². The monoisotopic (exact) mass is 367 g/mol. The first-order chi connectivity index (χ1) is 13.1. The number of ether oxygens (including phenoxy) is 1. The molecule has 1 fully saturated rings. The van der Waals surface area contributed by atoms with Gasteiger partial charge in [0.2, 0.25) is 0 Å². The summed E-state index contributed by atoms with van der Waals surface area (Å²) in [5, 5.41) is 0. The van der Waals surface area contributed by atoms with E-state index in [4.69, 9.17) is 4.74 Å². The first-order valence-electron chi connectivity index (χ1n) is 9.75. The molecule has 5 nitrogen and oxygen atoms in total. The molecule has 0 unspecified atom stereocenters. The molecule has 0 saturated carbocycles. The molecule has 1 aliphatic heterocycles. The van der Waals surface area contributed by atoms with Crippen LogP contribution >= 0.6 is 0 Å². The largest absolute Gasteiger partial charge is 0.493 e. The highest BCUT2D eigenvalue weighted by atomic mass is 16.5.